The monoisotopic (exact) mass is 401 g/mol. The Balaban J connectivity index is 1.96. The second-order valence-electron chi connectivity index (χ2n) is 9.34. The van der Waals surface area contributed by atoms with Gasteiger partial charge in [-0.15, -0.1) is 0 Å². The van der Waals surface area contributed by atoms with Crippen LogP contribution < -0.4 is 4.74 Å². The number of ketones is 1. The van der Waals surface area contributed by atoms with Crippen molar-refractivity contribution < 1.29 is 19.2 Å². The molecule has 1 fully saturated rings. The van der Waals surface area contributed by atoms with E-state index in [1.54, 1.807) is 24.3 Å². The molecule has 3 atom stereocenters. The van der Waals surface area contributed by atoms with Crippen molar-refractivity contribution in [3.8, 4) is 5.75 Å². The van der Waals surface area contributed by atoms with E-state index in [0.29, 0.717) is 23.3 Å². The standard InChI is InChI=1S/C23H31NO5/c1-22(2,3)29-21-10-9-18-17(20(25)11-12-23(18,21)4)14-19(24(26)27)15-7-6-8-16(13-15)28-5/h6-8,13,19,21H,9-12,14H2,1-5H3/t19?,21-,23-/m0/s1. The Morgan fingerprint density at radius 2 is 2.03 bits per heavy atom. The van der Waals surface area contributed by atoms with Gasteiger partial charge in [-0.2, -0.15) is 0 Å². The highest BCUT2D eigenvalue weighted by atomic mass is 16.6. The highest BCUT2D eigenvalue weighted by Gasteiger charge is 2.49. The quantitative estimate of drug-likeness (QED) is 0.492. The third-order valence-electron chi connectivity index (χ3n) is 6.26. The lowest BCUT2D eigenvalue weighted by molar-refractivity contribution is -0.528. The Kier molecular flexibility index (Phi) is 5.86. The average molecular weight is 402 g/mol. The molecule has 2 aliphatic carbocycles. The van der Waals surface area contributed by atoms with Gasteiger partial charge < -0.3 is 9.47 Å². The van der Waals surface area contributed by atoms with Gasteiger partial charge in [-0.25, -0.2) is 0 Å². The number of benzene rings is 1. The van der Waals surface area contributed by atoms with Crippen molar-refractivity contribution in [2.45, 2.75) is 77.5 Å². The minimum Gasteiger partial charge on any atom is -0.497 e. The van der Waals surface area contributed by atoms with Gasteiger partial charge in [0.15, 0.2) is 5.78 Å². The molecule has 0 aromatic heterocycles. The van der Waals surface area contributed by atoms with E-state index >= 15 is 0 Å². The summed E-state index contributed by atoms with van der Waals surface area (Å²) in [5.74, 6) is 0.620. The summed E-state index contributed by atoms with van der Waals surface area (Å²) >= 11 is 0. The molecule has 1 unspecified atom stereocenters. The lowest BCUT2D eigenvalue weighted by Gasteiger charge is -2.40. The SMILES string of the molecule is COc1cccc(C(CC2=C3CC[C@H](OC(C)(C)C)[C@@]3(C)CCC2=O)[N+](=O)[O-])c1. The molecule has 1 saturated carbocycles. The van der Waals surface area contributed by atoms with E-state index in [1.165, 1.54) is 7.11 Å². The van der Waals surface area contributed by atoms with Crippen LogP contribution in [-0.4, -0.2) is 29.5 Å². The van der Waals surface area contributed by atoms with Crippen LogP contribution in [0.5, 0.6) is 5.75 Å². The summed E-state index contributed by atoms with van der Waals surface area (Å²) in [5.41, 5.74) is 1.77. The molecule has 158 valence electrons. The van der Waals surface area contributed by atoms with Crippen LogP contribution in [0.3, 0.4) is 0 Å². The molecule has 0 spiro atoms. The van der Waals surface area contributed by atoms with Crippen LogP contribution in [0, 0.1) is 15.5 Å². The molecule has 0 radical (unpaired) electrons. The summed E-state index contributed by atoms with van der Waals surface area (Å²) in [7, 11) is 1.54. The number of fused-ring (bicyclic) bond motifs is 1. The first kappa shape index (κ1) is 21.5. The van der Waals surface area contributed by atoms with Crippen molar-refractivity contribution in [2.75, 3.05) is 7.11 Å². The lowest BCUT2D eigenvalue weighted by Crippen LogP contribution is -2.39. The van der Waals surface area contributed by atoms with Gasteiger partial charge in [0.1, 0.15) is 5.75 Å². The fourth-order valence-corrected chi connectivity index (χ4v) is 4.78. The maximum absolute atomic E-state index is 12.8. The number of nitro groups is 1. The predicted molar refractivity (Wildman–Crippen MR) is 111 cm³/mol. The number of nitrogens with zero attached hydrogens (tertiary/aromatic N) is 1. The Labute approximate surface area is 172 Å². The van der Waals surface area contributed by atoms with Gasteiger partial charge in [-0.1, -0.05) is 24.6 Å². The second kappa shape index (κ2) is 7.90. The minimum absolute atomic E-state index is 0.0338. The van der Waals surface area contributed by atoms with E-state index in [4.69, 9.17) is 9.47 Å². The maximum Gasteiger partial charge on any atom is 0.242 e. The van der Waals surface area contributed by atoms with E-state index in [-0.39, 0.29) is 34.2 Å². The van der Waals surface area contributed by atoms with Crippen LogP contribution in [0.2, 0.25) is 0 Å². The number of rotatable bonds is 6. The largest absolute Gasteiger partial charge is 0.497 e. The molecule has 0 saturated heterocycles. The summed E-state index contributed by atoms with van der Waals surface area (Å²) < 4.78 is 11.5. The van der Waals surface area contributed by atoms with Crippen LogP contribution in [0.1, 0.15) is 71.4 Å². The normalized spacial score (nSPS) is 25.7. The van der Waals surface area contributed by atoms with Gasteiger partial charge in [0.25, 0.3) is 0 Å². The lowest BCUT2D eigenvalue weighted by atomic mass is 9.70. The van der Waals surface area contributed by atoms with Crippen molar-refractivity contribution in [2.24, 2.45) is 5.41 Å². The molecular formula is C23H31NO5. The van der Waals surface area contributed by atoms with Crippen molar-refractivity contribution >= 4 is 5.78 Å². The van der Waals surface area contributed by atoms with Gasteiger partial charge >= 0.3 is 0 Å². The summed E-state index contributed by atoms with van der Waals surface area (Å²) in [5, 5.41) is 11.9. The molecule has 1 aromatic carbocycles. The molecule has 3 rings (SSSR count). The number of ether oxygens (including phenoxy) is 2. The zero-order chi connectivity index (χ0) is 21.4. The maximum atomic E-state index is 12.8. The number of Topliss-reactive ketones (excluding diaryl/α,β-unsaturated/α-hetero) is 1. The molecule has 0 amide bonds. The third kappa shape index (κ3) is 4.37. The molecule has 2 aliphatic rings. The topological polar surface area (TPSA) is 78.7 Å². The zero-order valence-electron chi connectivity index (χ0n) is 18.0. The molecule has 0 bridgehead atoms. The van der Waals surface area contributed by atoms with Gasteiger partial charge in [-0.05, 0) is 52.2 Å². The minimum atomic E-state index is -0.971. The molecule has 0 heterocycles. The summed E-state index contributed by atoms with van der Waals surface area (Å²) in [6, 6.07) is 5.95. The smallest absolute Gasteiger partial charge is 0.242 e. The molecule has 1 aromatic rings. The van der Waals surface area contributed by atoms with Crippen LogP contribution in [0.25, 0.3) is 0 Å². The fourth-order valence-electron chi connectivity index (χ4n) is 4.78. The van der Waals surface area contributed by atoms with E-state index in [9.17, 15) is 14.9 Å². The highest BCUT2D eigenvalue weighted by molar-refractivity contribution is 5.97. The first-order valence-corrected chi connectivity index (χ1v) is 10.3. The van der Waals surface area contributed by atoms with Crippen molar-refractivity contribution in [3.05, 3.63) is 51.1 Å². The van der Waals surface area contributed by atoms with Crippen molar-refractivity contribution in [1.82, 2.24) is 0 Å². The first-order chi connectivity index (χ1) is 13.5. The van der Waals surface area contributed by atoms with E-state index in [0.717, 1.165) is 24.8 Å². The summed E-state index contributed by atoms with van der Waals surface area (Å²) in [4.78, 5) is 24.5. The second-order valence-corrected chi connectivity index (χ2v) is 9.34. The predicted octanol–water partition coefficient (Wildman–Crippen LogP) is 5.05. The molecule has 29 heavy (non-hydrogen) atoms. The van der Waals surface area contributed by atoms with E-state index in [1.807, 2.05) is 20.8 Å². The highest BCUT2D eigenvalue weighted by Crippen LogP contribution is 2.53. The van der Waals surface area contributed by atoms with Gasteiger partial charge in [-0.3, -0.25) is 14.9 Å². The Morgan fingerprint density at radius 1 is 1.31 bits per heavy atom. The number of hydrogen-bond acceptors (Lipinski definition) is 5. The van der Waals surface area contributed by atoms with Crippen molar-refractivity contribution in [1.29, 1.82) is 0 Å². The number of carbonyl (C=O) groups excluding carboxylic acids is 1. The summed E-state index contributed by atoms with van der Waals surface area (Å²) in [6.45, 7) is 8.28. The molecule has 6 nitrogen and oxygen atoms in total. The molecule has 0 aliphatic heterocycles. The Morgan fingerprint density at radius 3 is 2.66 bits per heavy atom. The van der Waals surface area contributed by atoms with Crippen LogP contribution in [0.15, 0.2) is 35.4 Å². The Hall–Kier alpha value is -2.21. The van der Waals surface area contributed by atoms with Crippen LogP contribution in [0.4, 0.5) is 0 Å². The number of methoxy groups -OCH3 is 1. The average Bonchev–Trinajstić information content (AvgIpc) is 2.96. The molecular weight excluding hydrogens is 370 g/mol. The fraction of sp³-hybridized carbons (Fsp3) is 0.609. The van der Waals surface area contributed by atoms with Gasteiger partial charge in [0.05, 0.1) is 18.8 Å². The van der Waals surface area contributed by atoms with Gasteiger partial charge in [0.2, 0.25) is 6.04 Å². The zero-order valence-corrected chi connectivity index (χ0v) is 18.0. The number of carbonyl (C=O) groups is 1. The molecule has 0 N–H and O–H groups in total. The van der Waals surface area contributed by atoms with Gasteiger partial charge in [0, 0.05) is 34.3 Å². The van der Waals surface area contributed by atoms with Crippen LogP contribution >= 0.6 is 0 Å². The first-order valence-electron chi connectivity index (χ1n) is 10.3. The Bertz CT molecular complexity index is 838. The van der Waals surface area contributed by atoms with Crippen molar-refractivity contribution in [3.63, 3.8) is 0 Å². The number of hydrogen-bond donors (Lipinski definition) is 0. The van der Waals surface area contributed by atoms with E-state index in [2.05, 4.69) is 6.92 Å². The molecule has 6 heteroatoms. The van der Waals surface area contributed by atoms with Crippen LogP contribution in [-0.2, 0) is 9.53 Å². The van der Waals surface area contributed by atoms with E-state index < -0.39 is 6.04 Å². The third-order valence-corrected chi connectivity index (χ3v) is 6.26. The summed E-state index contributed by atoms with van der Waals surface area (Å²) in [6.07, 6.45) is 2.93.